The Morgan fingerprint density at radius 2 is 1.81 bits per heavy atom. The number of halogens is 5. The topological polar surface area (TPSA) is 46.3 Å². The average Bonchev–Trinajstić information content (AvgIpc) is 3.08. The highest BCUT2D eigenvalue weighted by molar-refractivity contribution is 6.33. The summed E-state index contributed by atoms with van der Waals surface area (Å²) >= 11 is 12.5. The Balaban J connectivity index is 1.99. The minimum atomic E-state index is -4.53. The zero-order chi connectivity index (χ0) is 19.2. The molecule has 0 atom stereocenters. The summed E-state index contributed by atoms with van der Waals surface area (Å²) in [5.41, 5.74) is -0.625. The Hall–Kier alpha value is -2.06. The lowest BCUT2D eigenvalue weighted by Crippen LogP contribution is -2.36. The Kier molecular flexibility index (Phi) is 4.63. The van der Waals surface area contributed by atoms with Crippen molar-refractivity contribution in [3.63, 3.8) is 0 Å². The van der Waals surface area contributed by atoms with Crippen LogP contribution in [0.4, 0.5) is 19.0 Å². The lowest BCUT2D eigenvalue weighted by Gasteiger charge is -2.33. The van der Waals surface area contributed by atoms with E-state index in [0.29, 0.717) is 31.7 Å². The molecule has 27 heavy (non-hydrogen) atoms. The van der Waals surface area contributed by atoms with Gasteiger partial charge in [0.2, 0.25) is 0 Å². The van der Waals surface area contributed by atoms with Gasteiger partial charge in [0.1, 0.15) is 17.3 Å². The highest BCUT2D eigenvalue weighted by Gasteiger charge is 2.36. The monoisotopic (exact) mass is 415 g/mol. The van der Waals surface area contributed by atoms with Crippen LogP contribution in [0.2, 0.25) is 5.15 Å². The van der Waals surface area contributed by atoms with Gasteiger partial charge in [-0.15, -0.1) is 11.6 Å². The molecule has 5 nitrogen and oxygen atoms in total. The molecule has 142 valence electrons. The second kappa shape index (κ2) is 6.83. The lowest BCUT2D eigenvalue weighted by atomic mass is 9.99. The number of aromatic nitrogens is 4. The molecule has 0 saturated carbocycles. The van der Waals surface area contributed by atoms with Crippen molar-refractivity contribution in [3.8, 4) is 11.1 Å². The van der Waals surface area contributed by atoms with E-state index < -0.39 is 11.7 Å². The smallest absolute Gasteiger partial charge is 0.356 e. The largest absolute Gasteiger partial charge is 0.417 e. The van der Waals surface area contributed by atoms with Gasteiger partial charge >= 0.3 is 6.18 Å². The summed E-state index contributed by atoms with van der Waals surface area (Å²) in [6.07, 6.45) is -1.82. The minimum absolute atomic E-state index is 0.0377. The Bertz CT molecular complexity index is 980. The molecule has 1 saturated heterocycles. The van der Waals surface area contributed by atoms with Crippen LogP contribution in [-0.4, -0.2) is 38.0 Å². The molecule has 10 heteroatoms. The number of piperidine rings is 1. The maximum atomic E-state index is 13.6. The molecule has 2 aromatic heterocycles. The molecule has 3 heterocycles. The van der Waals surface area contributed by atoms with E-state index in [9.17, 15) is 13.2 Å². The van der Waals surface area contributed by atoms with Gasteiger partial charge in [0.15, 0.2) is 0 Å². The van der Waals surface area contributed by atoms with Crippen molar-refractivity contribution in [1.82, 2.24) is 19.6 Å². The Labute approximate surface area is 162 Å². The van der Waals surface area contributed by atoms with Gasteiger partial charge in [-0.3, -0.25) is 0 Å². The molecule has 0 N–H and O–H groups in total. The third-order valence-electron chi connectivity index (χ3n) is 4.58. The first kappa shape index (κ1) is 18.3. The van der Waals surface area contributed by atoms with E-state index in [0.717, 1.165) is 6.07 Å². The molecule has 3 aromatic rings. The summed E-state index contributed by atoms with van der Waals surface area (Å²) in [6, 6.07) is 5.32. The van der Waals surface area contributed by atoms with Crippen LogP contribution in [0.5, 0.6) is 0 Å². The second-order valence-electron chi connectivity index (χ2n) is 6.28. The number of fused-ring (bicyclic) bond motifs is 1. The van der Waals surface area contributed by atoms with Gasteiger partial charge in [0.05, 0.1) is 11.1 Å². The van der Waals surface area contributed by atoms with Crippen LogP contribution in [0.1, 0.15) is 18.4 Å². The predicted molar refractivity (Wildman–Crippen MR) is 97.3 cm³/mol. The molecule has 0 spiro atoms. The van der Waals surface area contributed by atoms with E-state index in [1.807, 2.05) is 4.90 Å². The number of hydrogen-bond acceptors (Lipinski definition) is 4. The van der Waals surface area contributed by atoms with Crippen molar-refractivity contribution in [2.45, 2.75) is 24.4 Å². The van der Waals surface area contributed by atoms with Gasteiger partial charge in [-0.05, 0) is 18.9 Å². The maximum absolute atomic E-state index is 13.6. The zero-order valence-corrected chi connectivity index (χ0v) is 15.4. The Morgan fingerprint density at radius 1 is 1.11 bits per heavy atom. The molecular weight excluding hydrogens is 402 g/mol. The molecule has 4 rings (SSSR count). The van der Waals surface area contributed by atoms with Crippen LogP contribution < -0.4 is 4.90 Å². The number of nitrogens with zero attached hydrogens (tertiary/aromatic N) is 5. The summed E-state index contributed by atoms with van der Waals surface area (Å²) in [4.78, 5) is 10.1. The molecule has 0 radical (unpaired) electrons. The molecular formula is C17H14Cl2F3N5. The van der Waals surface area contributed by atoms with E-state index in [2.05, 4.69) is 15.1 Å². The molecule has 0 bridgehead atoms. The molecule has 1 aliphatic heterocycles. The van der Waals surface area contributed by atoms with Crippen molar-refractivity contribution in [3.05, 3.63) is 41.3 Å². The van der Waals surface area contributed by atoms with Crippen LogP contribution in [0.15, 0.2) is 30.6 Å². The number of alkyl halides is 4. The van der Waals surface area contributed by atoms with Gasteiger partial charge in [0, 0.05) is 24.0 Å². The molecule has 0 unspecified atom stereocenters. The number of benzene rings is 1. The van der Waals surface area contributed by atoms with Crippen molar-refractivity contribution in [2.75, 3.05) is 18.0 Å². The molecule has 1 aromatic carbocycles. The molecule has 0 amide bonds. The molecule has 0 aliphatic carbocycles. The minimum Gasteiger partial charge on any atom is -0.356 e. The fourth-order valence-corrected chi connectivity index (χ4v) is 3.79. The summed E-state index contributed by atoms with van der Waals surface area (Å²) in [7, 11) is 0. The number of rotatable bonds is 2. The molecule has 1 aliphatic rings. The summed E-state index contributed by atoms with van der Waals surface area (Å²) in [6.45, 7) is 1.15. The normalized spacial score (nSPS) is 16.3. The predicted octanol–water partition coefficient (Wildman–Crippen LogP) is 4.67. The lowest BCUT2D eigenvalue weighted by molar-refractivity contribution is -0.137. The van der Waals surface area contributed by atoms with Gasteiger partial charge in [-0.25, -0.2) is 0 Å². The van der Waals surface area contributed by atoms with Crippen LogP contribution in [0, 0.1) is 0 Å². The van der Waals surface area contributed by atoms with Crippen LogP contribution in [0.3, 0.4) is 0 Å². The maximum Gasteiger partial charge on any atom is 0.417 e. The van der Waals surface area contributed by atoms with Crippen molar-refractivity contribution in [2.24, 2.45) is 0 Å². The van der Waals surface area contributed by atoms with E-state index in [1.165, 1.54) is 23.0 Å². The quantitative estimate of drug-likeness (QED) is 0.450. The third kappa shape index (κ3) is 3.32. The second-order valence-corrected chi connectivity index (χ2v) is 7.25. The first-order valence-corrected chi connectivity index (χ1v) is 9.12. The van der Waals surface area contributed by atoms with E-state index in [4.69, 9.17) is 23.2 Å². The summed E-state index contributed by atoms with van der Waals surface area (Å²) < 4.78 is 42.3. The fourth-order valence-electron chi connectivity index (χ4n) is 3.33. The summed E-state index contributed by atoms with van der Waals surface area (Å²) in [5.74, 6) is 0.680. The Morgan fingerprint density at radius 3 is 2.52 bits per heavy atom. The first-order valence-electron chi connectivity index (χ1n) is 8.31. The van der Waals surface area contributed by atoms with Crippen molar-refractivity contribution in [1.29, 1.82) is 0 Å². The highest BCUT2D eigenvalue weighted by Crippen LogP contribution is 2.43. The highest BCUT2D eigenvalue weighted by atomic mass is 35.5. The number of hydrogen-bond donors (Lipinski definition) is 0. The van der Waals surface area contributed by atoms with E-state index in [-0.39, 0.29) is 27.4 Å². The van der Waals surface area contributed by atoms with E-state index >= 15 is 0 Å². The fraction of sp³-hybridized carbons (Fsp3) is 0.353. The van der Waals surface area contributed by atoms with Crippen LogP contribution in [-0.2, 0) is 6.18 Å². The SMILES string of the molecule is FC(F)(F)c1ccccc1-c1c(Cl)nc2ncnn2c1N1CCC(Cl)CC1. The first-order chi connectivity index (χ1) is 12.9. The van der Waals surface area contributed by atoms with Gasteiger partial charge < -0.3 is 4.90 Å². The van der Waals surface area contributed by atoms with Gasteiger partial charge in [0.25, 0.3) is 5.78 Å². The van der Waals surface area contributed by atoms with Gasteiger partial charge in [-0.1, -0.05) is 29.8 Å². The van der Waals surface area contributed by atoms with Crippen LogP contribution in [0.25, 0.3) is 16.9 Å². The van der Waals surface area contributed by atoms with E-state index in [1.54, 1.807) is 6.07 Å². The standard InChI is InChI=1S/C17H14Cl2F3N5/c18-10-5-7-26(8-6-10)15-13(14(19)25-16-23-9-24-27(15)16)11-3-1-2-4-12(11)17(20,21)22/h1-4,9-10H,5-8H2. The van der Waals surface area contributed by atoms with Crippen LogP contribution >= 0.6 is 23.2 Å². The number of anilines is 1. The van der Waals surface area contributed by atoms with Gasteiger partial charge in [-0.2, -0.15) is 32.8 Å². The van der Waals surface area contributed by atoms with Crippen molar-refractivity contribution >= 4 is 34.8 Å². The average molecular weight is 416 g/mol. The molecule has 1 fully saturated rings. The summed E-state index contributed by atoms with van der Waals surface area (Å²) in [5, 5.41) is 4.15. The van der Waals surface area contributed by atoms with Crippen molar-refractivity contribution < 1.29 is 13.2 Å². The third-order valence-corrected chi connectivity index (χ3v) is 5.29. The zero-order valence-electron chi connectivity index (χ0n) is 13.9.